The third-order valence-electron chi connectivity index (χ3n) is 3.50. The van der Waals surface area contributed by atoms with Crippen LogP contribution in [-0.4, -0.2) is 35.7 Å². The highest BCUT2D eigenvalue weighted by molar-refractivity contribution is 6.30. The highest BCUT2D eigenvalue weighted by Gasteiger charge is 2.56. The largest absolute Gasteiger partial charge is 0.496 e. The number of rotatable bonds is 5. The molecule has 1 aromatic carbocycles. The van der Waals surface area contributed by atoms with Crippen LogP contribution >= 0.6 is 11.6 Å². The third kappa shape index (κ3) is 3.64. The summed E-state index contributed by atoms with van der Waals surface area (Å²) in [7, 11) is 1.27. The SMILES string of the molecule is COc1cc(Cl)c(F)cc1C(C)(C)CC(O)(CO)C(F)(F)F. The van der Waals surface area contributed by atoms with Crippen LogP contribution in [-0.2, 0) is 5.41 Å². The molecule has 0 spiro atoms. The highest BCUT2D eigenvalue weighted by atomic mass is 35.5. The lowest BCUT2D eigenvalue weighted by molar-refractivity contribution is -0.277. The molecule has 2 N–H and O–H groups in total. The second-order valence-electron chi connectivity index (χ2n) is 5.71. The first-order valence-corrected chi connectivity index (χ1v) is 6.69. The summed E-state index contributed by atoms with van der Waals surface area (Å²) in [5.41, 5.74) is -4.55. The van der Waals surface area contributed by atoms with E-state index in [1.54, 1.807) is 0 Å². The lowest BCUT2D eigenvalue weighted by Crippen LogP contribution is -2.52. The van der Waals surface area contributed by atoms with Gasteiger partial charge in [0.25, 0.3) is 0 Å². The van der Waals surface area contributed by atoms with E-state index < -0.39 is 36.0 Å². The number of aliphatic hydroxyl groups excluding tert-OH is 1. The zero-order chi connectivity index (χ0) is 17.3. The van der Waals surface area contributed by atoms with E-state index in [1.807, 2.05) is 0 Å². The summed E-state index contributed by atoms with van der Waals surface area (Å²) in [5, 5.41) is 18.4. The minimum Gasteiger partial charge on any atom is -0.496 e. The minimum absolute atomic E-state index is 0.0962. The van der Waals surface area contributed by atoms with Gasteiger partial charge in [-0.15, -0.1) is 0 Å². The summed E-state index contributed by atoms with van der Waals surface area (Å²) >= 11 is 5.62. The van der Waals surface area contributed by atoms with E-state index in [4.69, 9.17) is 21.4 Å². The van der Waals surface area contributed by atoms with Crippen molar-refractivity contribution in [1.82, 2.24) is 0 Å². The molecule has 3 nitrogen and oxygen atoms in total. The fourth-order valence-electron chi connectivity index (χ4n) is 2.30. The molecule has 0 fully saturated rings. The molecule has 0 saturated carbocycles. The van der Waals surface area contributed by atoms with Gasteiger partial charge in [0.15, 0.2) is 5.60 Å². The standard InChI is InChI=1S/C14H17ClF4O3/c1-12(2,6-13(21,7-20)14(17,18)19)8-4-10(16)9(15)5-11(8)22-3/h4-5,20-21H,6-7H2,1-3H3. The van der Waals surface area contributed by atoms with Crippen LogP contribution in [0.15, 0.2) is 12.1 Å². The Kier molecular flexibility index (Phi) is 5.37. The molecule has 0 saturated heterocycles. The van der Waals surface area contributed by atoms with Crippen LogP contribution in [0.3, 0.4) is 0 Å². The fraction of sp³-hybridized carbons (Fsp3) is 0.571. The third-order valence-corrected chi connectivity index (χ3v) is 3.78. The summed E-state index contributed by atoms with van der Waals surface area (Å²) in [4.78, 5) is 0. The van der Waals surface area contributed by atoms with Gasteiger partial charge in [-0.1, -0.05) is 25.4 Å². The van der Waals surface area contributed by atoms with E-state index in [1.165, 1.54) is 21.0 Å². The van der Waals surface area contributed by atoms with Crippen molar-refractivity contribution in [1.29, 1.82) is 0 Å². The van der Waals surface area contributed by atoms with Gasteiger partial charge in [-0.3, -0.25) is 0 Å². The first kappa shape index (κ1) is 19.0. The Morgan fingerprint density at radius 2 is 1.77 bits per heavy atom. The van der Waals surface area contributed by atoms with E-state index in [9.17, 15) is 22.7 Å². The van der Waals surface area contributed by atoms with Crippen LogP contribution in [0.5, 0.6) is 5.75 Å². The molecule has 0 aliphatic carbocycles. The lowest BCUT2D eigenvalue weighted by Gasteiger charge is -2.37. The van der Waals surface area contributed by atoms with Crippen LogP contribution in [0.2, 0.25) is 5.02 Å². The maximum Gasteiger partial charge on any atom is 0.419 e. The Balaban J connectivity index is 3.33. The maximum atomic E-state index is 13.7. The molecule has 126 valence electrons. The van der Waals surface area contributed by atoms with E-state index in [0.717, 1.165) is 12.1 Å². The number of methoxy groups -OCH3 is 1. The van der Waals surface area contributed by atoms with Gasteiger partial charge in [-0.25, -0.2) is 4.39 Å². The van der Waals surface area contributed by atoms with Crippen LogP contribution in [0, 0.1) is 5.82 Å². The molecule has 0 amide bonds. The summed E-state index contributed by atoms with van der Waals surface area (Å²) in [6, 6.07) is 2.12. The zero-order valence-corrected chi connectivity index (χ0v) is 13.0. The normalized spacial score (nSPS) is 15.5. The average molecular weight is 345 g/mol. The van der Waals surface area contributed by atoms with Gasteiger partial charge < -0.3 is 14.9 Å². The Labute approximate surface area is 130 Å². The van der Waals surface area contributed by atoms with Crippen LogP contribution in [0.4, 0.5) is 17.6 Å². The molecule has 1 rings (SSSR count). The van der Waals surface area contributed by atoms with Crippen molar-refractivity contribution in [2.75, 3.05) is 13.7 Å². The Morgan fingerprint density at radius 3 is 2.18 bits per heavy atom. The summed E-state index contributed by atoms with van der Waals surface area (Å²) in [5.74, 6) is -0.719. The van der Waals surface area contributed by atoms with Gasteiger partial charge in [0.2, 0.25) is 0 Å². The number of alkyl halides is 3. The van der Waals surface area contributed by atoms with Gasteiger partial charge in [0, 0.05) is 11.6 Å². The van der Waals surface area contributed by atoms with Crippen LogP contribution < -0.4 is 4.74 Å². The lowest BCUT2D eigenvalue weighted by atomic mass is 9.74. The predicted molar refractivity (Wildman–Crippen MR) is 73.7 cm³/mol. The molecule has 0 radical (unpaired) electrons. The van der Waals surface area contributed by atoms with Crippen molar-refractivity contribution in [2.24, 2.45) is 0 Å². The van der Waals surface area contributed by atoms with E-state index >= 15 is 0 Å². The highest BCUT2D eigenvalue weighted by Crippen LogP contribution is 2.44. The molecule has 1 unspecified atom stereocenters. The summed E-state index contributed by atoms with van der Waals surface area (Å²) in [6.07, 6.45) is -5.91. The molecule has 22 heavy (non-hydrogen) atoms. The quantitative estimate of drug-likeness (QED) is 0.804. The molecule has 0 aromatic heterocycles. The average Bonchev–Trinajstić information content (AvgIpc) is 2.39. The second kappa shape index (κ2) is 6.22. The molecular weight excluding hydrogens is 328 g/mol. The first-order valence-electron chi connectivity index (χ1n) is 6.31. The Hall–Kier alpha value is -1.05. The Bertz CT molecular complexity index is 546. The van der Waals surface area contributed by atoms with Crippen LogP contribution in [0.25, 0.3) is 0 Å². The maximum absolute atomic E-state index is 13.7. The van der Waals surface area contributed by atoms with Gasteiger partial charge in [-0.2, -0.15) is 13.2 Å². The van der Waals surface area contributed by atoms with E-state index in [-0.39, 0.29) is 16.3 Å². The van der Waals surface area contributed by atoms with Gasteiger partial charge >= 0.3 is 6.18 Å². The molecule has 0 heterocycles. The minimum atomic E-state index is -5.03. The molecule has 1 aromatic rings. The van der Waals surface area contributed by atoms with Gasteiger partial charge in [0.05, 0.1) is 18.7 Å². The number of halogens is 5. The van der Waals surface area contributed by atoms with Crippen LogP contribution in [0.1, 0.15) is 25.8 Å². The summed E-state index contributed by atoms with van der Waals surface area (Å²) in [6.45, 7) is 1.26. The molecule has 1 atom stereocenters. The molecule has 0 bridgehead atoms. The molecule has 0 aliphatic rings. The molecule has 8 heteroatoms. The van der Waals surface area contributed by atoms with Crippen molar-refractivity contribution < 1.29 is 32.5 Å². The number of benzene rings is 1. The van der Waals surface area contributed by atoms with Crippen molar-refractivity contribution in [2.45, 2.75) is 37.5 Å². The number of ether oxygens (including phenoxy) is 1. The van der Waals surface area contributed by atoms with Crippen molar-refractivity contribution >= 4 is 11.6 Å². The van der Waals surface area contributed by atoms with E-state index in [2.05, 4.69) is 0 Å². The van der Waals surface area contributed by atoms with Gasteiger partial charge in [-0.05, 0) is 17.9 Å². The van der Waals surface area contributed by atoms with Gasteiger partial charge in [0.1, 0.15) is 11.6 Å². The van der Waals surface area contributed by atoms with Crippen molar-refractivity contribution in [3.63, 3.8) is 0 Å². The smallest absolute Gasteiger partial charge is 0.419 e. The fourth-order valence-corrected chi connectivity index (χ4v) is 2.45. The number of aliphatic hydroxyl groups is 2. The number of hydrogen-bond acceptors (Lipinski definition) is 3. The first-order chi connectivity index (χ1) is 9.88. The predicted octanol–water partition coefficient (Wildman–Crippen LogP) is 3.44. The second-order valence-corrected chi connectivity index (χ2v) is 6.12. The van der Waals surface area contributed by atoms with Crippen molar-refractivity contribution in [3.05, 3.63) is 28.5 Å². The van der Waals surface area contributed by atoms with Crippen molar-refractivity contribution in [3.8, 4) is 5.75 Å². The monoisotopic (exact) mass is 344 g/mol. The zero-order valence-electron chi connectivity index (χ0n) is 12.3. The summed E-state index contributed by atoms with van der Waals surface area (Å²) < 4.78 is 57.5. The Morgan fingerprint density at radius 1 is 1.23 bits per heavy atom. The molecule has 0 aliphatic heterocycles. The molecular formula is C14H17ClF4O3. The topological polar surface area (TPSA) is 49.7 Å². The number of hydrogen-bond donors (Lipinski definition) is 2. The van der Waals surface area contributed by atoms with E-state index in [0.29, 0.717) is 0 Å².